The highest BCUT2D eigenvalue weighted by atomic mass is 32.2. The summed E-state index contributed by atoms with van der Waals surface area (Å²) >= 11 is 1.94. The third-order valence-electron chi connectivity index (χ3n) is 4.12. The molecule has 0 aromatic heterocycles. The van der Waals surface area contributed by atoms with Crippen LogP contribution in [0.15, 0.2) is 47.4 Å². The summed E-state index contributed by atoms with van der Waals surface area (Å²) in [4.78, 5) is 1.42. The summed E-state index contributed by atoms with van der Waals surface area (Å²) in [6.45, 7) is 7.33. The van der Waals surface area contributed by atoms with Gasteiger partial charge in [-0.05, 0) is 41.7 Å². The van der Waals surface area contributed by atoms with Crippen LogP contribution in [0.5, 0.6) is 5.75 Å². The lowest BCUT2D eigenvalue weighted by Gasteiger charge is -2.16. The monoisotopic (exact) mass is 298 g/mol. The maximum atomic E-state index is 6.16. The number of aryl methyl sites for hydroxylation is 1. The van der Waals surface area contributed by atoms with Gasteiger partial charge in [0, 0.05) is 16.6 Å². The molecule has 0 spiro atoms. The van der Waals surface area contributed by atoms with E-state index in [1.807, 2.05) is 11.8 Å². The van der Waals surface area contributed by atoms with Crippen LogP contribution in [0.1, 0.15) is 42.4 Å². The van der Waals surface area contributed by atoms with E-state index in [-0.39, 0.29) is 0 Å². The van der Waals surface area contributed by atoms with Crippen molar-refractivity contribution >= 4 is 11.8 Å². The Balaban J connectivity index is 1.73. The maximum absolute atomic E-state index is 6.16. The van der Waals surface area contributed by atoms with Gasteiger partial charge < -0.3 is 4.74 Å². The van der Waals surface area contributed by atoms with Crippen molar-refractivity contribution in [1.29, 1.82) is 0 Å². The van der Waals surface area contributed by atoms with Crippen LogP contribution >= 0.6 is 11.8 Å². The summed E-state index contributed by atoms with van der Waals surface area (Å²) in [6, 6.07) is 15.3. The van der Waals surface area contributed by atoms with Crippen molar-refractivity contribution < 1.29 is 4.74 Å². The van der Waals surface area contributed by atoms with Crippen LogP contribution in [-0.4, -0.2) is 12.4 Å². The molecule has 3 rings (SSSR count). The second-order valence-corrected chi connectivity index (χ2v) is 7.10. The molecule has 0 amide bonds. The first kappa shape index (κ1) is 14.5. The highest BCUT2D eigenvalue weighted by molar-refractivity contribution is 7.99. The molecular formula is C19H22OS. The van der Waals surface area contributed by atoms with Crippen LogP contribution in [0.4, 0.5) is 0 Å². The number of fused-ring (bicyclic) bond motifs is 1. The SMILES string of the molecule is Cc1ccc(C(C)C)cc1OCC1CSc2ccccc21. The number of ether oxygens (including phenoxy) is 1. The van der Waals surface area contributed by atoms with Gasteiger partial charge in [-0.25, -0.2) is 0 Å². The quantitative estimate of drug-likeness (QED) is 0.748. The van der Waals surface area contributed by atoms with Crippen molar-refractivity contribution in [3.63, 3.8) is 0 Å². The zero-order valence-corrected chi connectivity index (χ0v) is 13.7. The van der Waals surface area contributed by atoms with Gasteiger partial charge in [-0.15, -0.1) is 11.8 Å². The fraction of sp³-hybridized carbons (Fsp3) is 0.368. The van der Waals surface area contributed by atoms with Gasteiger partial charge in [0.25, 0.3) is 0 Å². The molecule has 1 aliphatic heterocycles. The first-order valence-corrected chi connectivity index (χ1v) is 8.59. The average molecular weight is 298 g/mol. The van der Waals surface area contributed by atoms with Crippen molar-refractivity contribution in [3.8, 4) is 5.75 Å². The number of hydrogen-bond acceptors (Lipinski definition) is 2. The molecule has 1 nitrogen and oxygen atoms in total. The van der Waals surface area contributed by atoms with E-state index in [0.717, 1.165) is 18.1 Å². The van der Waals surface area contributed by atoms with Crippen LogP contribution in [0, 0.1) is 6.92 Å². The molecule has 21 heavy (non-hydrogen) atoms. The molecule has 0 bridgehead atoms. The lowest BCUT2D eigenvalue weighted by molar-refractivity contribution is 0.295. The molecule has 1 unspecified atom stereocenters. The first-order valence-electron chi connectivity index (χ1n) is 7.60. The third kappa shape index (κ3) is 3.11. The van der Waals surface area contributed by atoms with Crippen LogP contribution in [0.2, 0.25) is 0 Å². The Bertz CT molecular complexity index is 633. The summed E-state index contributed by atoms with van der Waals surface area (Å²) < 4.78 is 6.16. The van der Waals surface area contributed by atoms with Gasteiger partial charge in [-0.1, -0.05) is 44.2 Å². The van der Waals surface area contributed by atoms with E-state index < -0.39 is 0 Å². The van der Waals surface area contributed by atoms with Gasteiger partial charge in [-0.2, -0.15) is 0 Å². The average Bonchev–Trinajstić information content (AvgIpc) is 2.89. The highest BCUT2D eigenvalue weighted by Gasteiger charge is 2.23. The van der Waals surface area contributed by atoms with Gasteiger partial charge in [0.05, 0.1) is 6.61 Å². The van der Waals surface area contributed by atoms with Crippen LogP contribution in [0.25, 0.3) is 0 Å². The molecular weight excluding hydrogens is 276 g/mol. The molecule has 110 valence electrons. The molecule has 0 saturated heterocycles. The number of thioether (sulfide) groups is 1. The number of rotatable bonds is 4. The van der Waals surface area contributed by atoms with Crippen LogP contribution < -0.4 is 4.74 Å². The van der Waals surface area contributed by atoms with Crippen molar-refractivity contribution in [2.24, 2.45) is 0 Å². The van der Waals surface area contributed by atoms with E-state index in [2.05, 4.69) is 63.2 Å². The fourth-order valence-corrected chi connectivity index (χ4v) is 3.92. The predicted molar refractivity (Wildman–Crippen MR) is 90.7 cm³/mol. The van der Waals surface area contributed by atoms with Gasteiger partial charge in [0.1, 0.15) is 5.75 Å². The minimum atomic E-state index is 0.508. The normalized spacial score (nSPS) is 17.0. The third-order valence-corrected chi connectivity index (χ3v) is 5.37. The Morgan fingerprint density at radius 3 is 2.81 bits per heavy atom. The lowest BCUT2D eigenvalue weighted by atomic mass is 10.0. The molecule has 1 heterocycles. The largest absolute Gasteiger partial charge is 0.493 e. The minimum Gasteiger partial charge on any atom is -0.493 e. The van der Waals surface area contributed by atoms with Gasteiger partial charge >= 0.3 is 0 Å². The molecule has 0 N–H and O–H groups in total. The molecule has 1 atom stereocenters. The lowest BCUT2D eigenvalue weighted by Crippen LogP contribution is -2.10. The number of benzene rings is 2. The van der Waals surface area contributed by atoms with Gasteiger partial charge in [-0.3, -0.25) is 0 Å². The van der Waals surface area contributed by atoms with E-state index in [0.29, 0.717) is 11.8 Å². The second-order valence-electron chi connectivity index (χ2n) is 6.04. The fourth-order valence-electron chi connectivity index (χ4n) is 2.69. The van der Waals surface area contributed by atoms with Gasteiger partial charge in [0.2, 0.25) is 0 Å². The van der Waals surface area contributed by atoms with E-state index >= 15 is 0 Å². The highest BCUT2D eigenvalue weighted by Crippen LogP contribution is 2.39. The van der Waals surface area contributed by atoms with Gasteiger partial charge in [0.15, 0.2) is 0 Å². The minimum absolute atomic E-state index is 0.508. The maximum Gasteiger partial charge on any atom is 0.122 e. The molecule has 0 saturated carbocycles. The van der Waals surface area contributed by atoms with E-state index in [1.165, 1.54) is 21.6 Å². The summed E-state index contributed by atoms with van der Waals surface area (Å²) in [5.74, 6) is 3.21. The van der Waals surface area contributed by atoms with Crippen LogP contribution in [0.3, 0.4) is 0 Å². The smallest absolute Gasteiger partial charge is 0.122 e. The number of hydrogen-bond donors (Lipinski definition) is 0. The Morgan fingerprint density at radius 1 is 1.19 bits per heavy atom. The first-order chi connectivity index (χ1) is 10.1. The van der Waals surface area contributed by atoms with Crippen molar-refractivity contribution in [2.45, 2.75) is 37.5 Å². The zero-order valence-electron chi connectivity index (χ0n) is 12.9. The topological polar surface area (TPSA) is 9.23 Å². The summed E-state index contributed by atoms with van der Waals surface area (Å²) in [7, 11) is 0. The molecule has 1 aliphatic rings. The standard InChI is InChI=1S/C19H22OS/c1-13(2)15-9-8-14(3)18(10-15)20-11-16-12-21-19-7-5-4-6-17(16)19/h4-10,13,16H,11-12H2,1-3H3. The Morgan fingerprint density at radius 2 is 2.00 bits per heavy atom. The summed E-state index contributed by atoms with van der Waals surface area (Å²) in [5.41, 5.74) is 4.01. The Kier molecular flexibility index (Phi) is 4.25. The van der Waals surface area contributed by atoms with E-state index in [4.69, 9.17) is 4.74 Å². The molecule has 0 radical (unpaired) electrons. The zero-order chi connectivity index (χ0) is 14.8. The summed E-state index contributed by atoms with van der Waals surface area (Å²) in [6.07, 6.45) is 0. The second kappa shape index (κ2) is 6.15. The van der Waals surface area contributed by atoms with Crippen molar-refractivity contribution in [3.05, 3.63) is 59.2 Å². The van der Waals surface area contributed by atoms with Crippen molar-refractivity contribution in [1.82, 2.24) is 0 Å². The molecule has 2 aromatic rings. The molecule has 2 aromatic carbocycles. The predicted octanol–water partition coefficient (Wildman–Crippen LogP) is 5.39. The Labute approximate surface area is 131 Å². The molecule has 0 fully saturated rings. The Hall–Kier alpha value is -1.41. The molecule has 0 aliphatic carbocycles. The van der Waals surface area contributed by atoms with E-state index in [1.54, 1.807) is 0 Å². The summed E-state index contributed by atoms with van der Waals surface area (Å²) in [5, 5.41) is 0. The van der Waals surface area contributed by atoms with E-state index in [9.17, 15) is 0 Å². The van der Waals surface area contributed by atoms with Crippen molar-refractivity contribution in [2.75, 3.05) is 12.4 Å². The molecule has 2 heteroatoms. The van der Waals surface area contributed by atoms with Crippen LogP contribution in [-0.2, 0) is 0 Å².